The molecule has 3 aromatic heterocycles. The average molecular weight is 483 g/mol. The molecule has 1 aliphatic rings. The van der Waals surface area contributed by atoms with Gasteiger partial charge in [-0.1, -0.05) is 18.2 Å². The summed E-state index contributed by atoms with van der Waals surface area (Å²) in [6, 6.07) is 21.4. The molecule has 35 heavy (non-hydrogen) atoms. The maximum absolute atomic E-state index is 12.8. The van der Waals surface area contributed by atoms with E-state index in [-0.39, 0.29) is 18.0 Å². The van der Waals surface area contributed by atoms with Crippen LogP contribution in [0.25, 0.3) is 5.69 Å². The number of benzene rings is 1. The second-order valence-corrected chi connectivity index (χ2v) is 8.89. The molecule has 1 aromatic carbocycles. The van der Waals surface area contributed by atoms with Crippen molar-refractivity contribution in [1.29, 1.82) is 0 Å². The van der Waals surface area contributed by atoms with E-state index in [1.807, 2.05) is 80.0 Å². The number of hydrogen-bond acceptors (Lipinski definition) is 4. The summed E-state index contributed by atoms with van der Waals surface area (Å²) in [5, 5.41) is 7.05. The zero-order chi connectivity index (χ0) is 24.2. The van der Waals surface area contributed by atoms with Gasteiger partial charge >= 0.3 is 0 Å². The Kier molecular flexibility index (Phi) is 6.54. The Morgan fingerprint density at radius 2 is 2.00 bits per heavy atom. The molecule has 2 N–H and O–H groups in total. The van der Waals surface area contributed by atoms with Crippen LogP contribution in [-0.4, -0.2) is 37.0 Å². The molecule has 0 spiro atoms. The predicted molar refractivity (Wildman–Crippen MR) is 140 cm³/mol. The zero-order valence-corrected chi connectivity index (χ0v) is 20.2. The minimum Gasteiger partial charge on any atom is -0.352 e. The molecule has 4 aromatic rings. The minimum absolute atomic E-state index is 0.0546. The summed E-state index contributed by atoms with van der Waals surface area (Å²) < 4.78 is 2.11. The van der Waals surface area contributed by atoms with E-state index in [2.05, 4.69) is 36.1 Å². The molecule has 176 valence electrons. The molecule has 0 saturated carbocycles. The van der Waals surface area contributed by atoms with Crippen LogP contribution in [0.1, 0.15) is 35.5 Å². The van der Waals surface area contributed by atoms with Crippen molar-refractivity contribution in [2.24, 2.45) is 0 Å². The second-order valence-electron chi connectivity index (χ2n) is 8.50. The van der Waals surface area contributed by atoms with Gasteiger partial charge in [-0.15, -0.1) is 0 Å². The first-order chi connectivity index (χ1) is 17.1. The zero-order valence-electron chi connectivity index (χ0n) is 19.3. The number of nitrogens with one attached hydrogen (secondary N) is 2. The third-order valence-corrected chi connectivity index (χ3v) is 6.44. The number of pyridine rings is 2. The van der Waals surface area contributed by atoms with Crippen LogP contribution in [0.15, 0.2) is 91.5 Å². The van der Waals surface area contributed by atoms with Gasteiger partial charge in [0.1, 0.15) is 0 Å². The Hall–Kier alpha value is -4.04. The highest BCUT2D eigenvalue weighted by Gasteiger charge is 2.41. The number of amides is 1. The van der Waals surface area contributed by atoms with Gasteiger partial charge in [-0.2, -0.15) is 0 Å². The number of rotatable bonds is 7. The molecule has 0 radical (unpaired) electrons. The SMILES string of the molecule is Cc1cccc(NC(=O)CCN2C(=S)N[C@H](c3ccccn3)[C@@H]2c2cccn2-c2cccnc2)c1. The lowest BCUT2D eigenvalue weighted by Crippen LogP contribution is -2.33. The van der Waals surface area contributed by atoms with Crippen molar-refractivity contribution < 1.29 is 4.79 Å². The number of hydrogen-bond donors (Lipinski definition) is 2. The summed E-state index contributed by atoms with van der Waals surface area (Å²) in [6.07, 6.45) is 7.70. The fourth-order valence-electron chi connectivity index (χ4n) is 4.50. The molecule has 0 unspecified atom stereocenters. The van der Waals surface area contributed by atoms with Crippen molar-refractivity contribution >= 4 is 28.9 Å². The Labute approximate surface area is 209 Å². The van der Waals surface area contributed by atoms with E-state index in [4.69, 9.17) is 12.2 Å². The molecule has 8 heteroatoms. The minimum atomic E-state index is -0.158. The molecular weight excluding hydrogens is 456 g/mol. The lowest BCUT2D eigenvalue weighted by molar-refractivity contribution is -0.116. The molecule has 0 aliphatic carbocycles. The van der Waals surface area contributed by atoms with Gasteiger partial charge in [0, 0.05) is 42.9 Å². The summed E-state index contributed by atoms with van der Waals surface area (Å²) >= 11 is 5.76. The normalized spacial score (nSPS) is 17.3. The fraction of sp³-hybridized carbons (Fsp3) is 0.185. The topological polar surface area (TPSA) is 75.1 Å². The summed E-state index contributed by atoms with van der Waals surface area (Å²) in [7, 11) is 0. The van der Waals surface area contributed by atoms with Crippen molar-refractivity contribution in [1.82, 2.24) is 24.8 Å². The number of carbonyl (C=O) groups excluding carboxylic acids is 1. The summed E-state index contributed by atoms with van der Waals surface area (Å²) in [4.78, 5) is 23.8. The van der Waals surface area contributed by atoms with Crippen molar-refractivity contribution in [3.8, 4) is 5.69 Å². The first kappa shape index (κ1) is 22.7. The van der Waals surface area contributed by atoms with Gasteiger partial charge in [0.15, 0.2) is 5.11 Å². The predicted octanol–water partition coefficient (Wildman–Crippen LogP) is 4.58. The molecule has 1 amide bonds. The van der Waals surface area contributed by atoms with E-state index in [0.717, 1.165) is 28.3 Å². The van der Waals surface area contributed by atoms with E-state index in [1.165, 1.54) is 0 Å². The van der Waals surface area contributed by atoms with E-state index < -0.39 is 0 Å². The van der Waals surface area contributed by atoms with Gasteiger partial charge in [0.25, 0.3) is 0 Å². The number of anilines is 1. The Bertz CT molecular complexity index is 1320. The summed E-state index contributed by atoms with van der Waals surface area (Å²) in [5.41, 5.74) is 4.79. The lowest BCUT2D eigenvalue weighted by Gasteiger charge is -2.28. The lowest BCUT2D eigenvalue weighted by atomic mass is 10.0. The first-order valence-corrected chi connectivity index (χ1v) is 11.9. The van der Waals surface area contributed by atoms with Gasteiger partial charge in [0.05, 0.1) is 29.7 Å². The second kappa shape index (κ2) is 10.1. The van der Waals surface area contributed by atoms with Gasteiger partial charge in [0.2, 0.25) is 5.91 Å². The van der Waals surface area contributed by atoms with Crippen LogP contribution in [0.3, 0.4) is 0 Å². The summed E-state index contributed by atoms with van der Waals surface area (Å²) in [5.74, 6) is -0.0546. The molecule has 5 rings (SSSR count). The standard InChI is InChI=1S/C27H26N6OS/c1-19-7-4-8-20(17-19)30-24(34)12-16-33-26(25(31-27(33)35)22-10-2-3-14-29-22)23-11-6-15-32(23)21-9-5-13-28-18-21/h2-11,13-15,17-18,25-26H,12,16H2,1H3,(H,30,34)(H,31,35)/t25-,26+/m1/s1. The number of thiocarbonyl (C=S) groups is 1. The van der Waals surface area contributed by atoms with Crippen molar-refractivity contribution in [3.05, 3.63) is 108 Å². The highest BCUT2D eigenvalue weighted by atomic mass is 32.1. The van der Waals surface area contributed by atoms with E-state index in [0.29, 0.717) is 18.1 Å². The molecule has 0 bridgehead atoms. The van der Waals surface area contributed by atoms with Crippen LogP contribution >= 0.6 is 12.2 Å². The van der Waals surface area contributed by atoms with Gasteiger partial charge in [-0.3, -0.25) is 14.8 Å². The average Bonchev–Trinajstić information content (AvgIpc) is 3.48. The number of aryl methyl sites for hydroxylation is 1. The molecule has 1 fully saturated rings. The smallest absolute Gasteiger partial charge is 0.226 e. The van der Waals surface area contributed by atoms with Gasteiger partial charge in [-0.25, -0.2) is 0 Å². The summed E-state index contributed by atoms with van der Waals surface area (Å²) in [6.45, 7) is 2.47. The number of nitrogens with zero attached hydrogens (tertiary/aromatic N) is 4. The van der Waals surface area contributed by atoms with E-state index in [9.17, 15) is 4.79 Å². The van der Waals surface area contributed by atoms with Crippen molar-refractivity contribution in [2.75, 3.05) is 11.9 Å². The fourth-order valence-corrected chi connectivity index (χ4v) is 4.83. The molecule has 2 atom stereocenters. The van der Waals surface area contributed by atoms with Crippen LogP contribution in [0.5, 0.6) is 0 Å². The van der Waals surface area contributed by atoms with Crippen molar-refractivity contribution in [3.63, 3.8) is 0 Å². The third kappa shape index (κ3) is 4.93. The molecule has 1 saturated heterocycles. The Morgan fingerprint density at radius 3 is 2.77 bits per heavy atom. The highest BCUT2D eigenvalue weighted by Crippen LogP contribution is 2.39. The molecule has 7 nitrogen and oxygen atoms in total. The Morgan fingerprint density at radius 1 is 1.09 bits per heavy atom. The maximum atomic E-state index is 12.8. The van der Waals surface area contributed by atoms with E-state index >= 15 is 0 Å². The van der Waals surface area contributed by atoms with Crippen LogP contribution in [-0.2, 0) is 4.79 Å². The van der Waals surface area contributed by atoms with Gasteiger partial charge < -0.3 is 20.1 Å². The first-order valence-electron chi connectivity index (χ1n) is 11.5. The van der Waals surface area contributed by atoms with Crippen molar-refractivity contribution in [2.45, 2.75) is 25.4 Å². The third-order valence-electron chi connectivity index (χ3n) is 6.09. The van der Waals surface area contributed by atoms with E-state index in [1.54, 1.807) is 12.4 Å². The quantitative estimate of drug-likeness (QED) is 0.376. The number of aromatic nitrogens is 3. The molecule has 1 aliphatic heterocycles. The number of carbonyl (C=O) groups is 1. The van der Waals surface area contributed by atoms with Gasteiger partial charge in [-0.05, 0) is 73.2 Å². The largest absolute Gasteiger partial charge is 0.352 e. The molecular formula is C27H26N6OS. The van der Waals surface area contributed by atoms with Crippen LogP contribution in [0, 0.1) is 6.92 Å². The Balaban J connectivity index is 1.43. The monoisotopic (exact) mass is 482 g/mol. The highest BCUT2D eigenvalue weighted by molar-refractivity contribution is 7.80. The van der Waals surface area contributed by atoms with Crippen LogP contribution in [0.2, 0.25) is 0 Å². The maximum Gasteiger partial charge on any atom is 0.226 e. The molecule has 4 heterocycles. The van der Waals surface area contributed by atoms with Crippen LogP contribution in [0.4, 0.5) is 5.69 Å². The van der Waals surface area contributed by atoms with Crippen LogP contribution < -0.4 is 10.6 Å².